The van der Waals surface area contributed by atoms with Gasteiger partial charge in [-0.05, 0) is 23.1 Å². The van der Waals surface area contributed by atoms with Crippen molar-refractivity contribution in [1.82, 2.24) is 19.5 Å². The number of aliphatic hydroxyl groups excluding tert-OH is 1. The molecule has 1 unspecified atom stereocenters. The lowest BCUT2D eigenvalue weighted by Crippen LogP contribution is -2.38. The van der Waals surface area contributed by atoms with Gasteiger partial charge in [0.1, 0.15) is 24.0 Å². The summed E-state index contributed by atoms with van der Waals surface area (Å²) in [5.41, 5.74) is 3.49. The topological polar surface area (TPSA) is 102 Å². The Morgan fingerprint density at radius 3 is 1.95 bits per heavy atom. The Hall–Kier alpha value is -4.56. The molecule has 0 saturated carbocycles. The molecule has 0 aliphatic rings. The largest absolute Gasteiger partial charge is 0.464 e. The molecule has 2 N–H and O–H groups in total. The third-order valence-corrected chi connectivity index (χ3v) is 6.62. The summed E-state index contributed by atoms with van der Waals surface area (Å²) in [6.07, 6.45) is 3.54. The van der Waals surface area contributed by atoms with Crippen molar-refractivity contribution in [1.29, 1.82) is 0 Å². The van der Waals surface area contributed by atoms with Crippen molar-refractivity contribution >= 4 is 23.0 Å². The minimum Gasteiger partial charge on any atom is -0.464 e. The van der Waals surface area contributed by atoms with E-state index in [9.17, 15) is 9.90 Å². The van der Waals surface area contributed by atoms with Gasteiger partial charge in [0, 0.05) is 13.5 Å². The summed E-state index contributed by atoms with van der Waals surface area (Å²) in [7, 11) is 0. The van der Waals surface area contributed by atoms with Crippen LogP contribution in [0.5, 0.6) is 0 Å². The molecule has 8 heteroatoms. The van der Waals surface area contributed by atoms with Crippen LogP contribution in [0, 0.1) is 0 Å². The number of ether oxygens (including phenoxy) is 1. The van der Waals surface area contributed by atoms with Crippen LogP contribution in [-0.2, 0) is 15.1 Å². The molecule has 0 aliphatic heterocycles. The summed E-state index contributed by atoms with van der Waals surface area (Å²) in [6.45, 7) is 1.40. The standard InChI is InChI=1S/C30H29N5O3/c1-22(37)38-19-26(17-18-36)35-21-33-27-28(31-20-32-29(27)35)34-30(23-11-5-2-6-12-23,24-13-7-3-8-14-24)25-15-9-4-10-16-25/h2-16,20-21,26,36H,17-19H2,1H3,(H,31,32,34). The van der Waals surface area contributed by atoms with E-state index in [0.29, 0.717) is 23.4 Å². The predicted molar refractivity (Wildman–Crippen MR) is 146 cm³/mol. The maximum atomic E-state index is 11.5. The van der Waals surface area contributed by atoms with E-state index in [4.69, 9.17) is 4.74 Å². The zero-order valence-electron chi connectivity index (χ0n) is 21.1. The highest BCUT2D eigenvalue weighted by molar-refractivity contribution is 5.84. The minimum atomic E-state index is -0.781. The summed E-state index contributed by atoms with van der Waals surface area (Å²) in [5, 5.41) is 13.4. The van der Waals surface area contributed by atoms with Gasteiger partial charge >= 0.3 is 5.97 Å². The lowest BCUT2D eigenvalue weighted by molar-refractivity contribution is -0.142. The molecule has 0 amide bonds. The fraction of sp³-hybridized carbons (Fsp3) is 0.200. The van der Waals surface area contributed by atoms with Gasteiger partial charge < -0.3 is 19.7 Å². The molecule has 192 valence electrons. The predicted octanol–water partition coefficient (Wildman–Crippen LogP) is 4.72. The van der Waals surface area contributed by atoms with Crippen LogP contribution < -0.4 is 5.32 Å². The number of carbonyl (C=O) groups excluding carboxylic acids is 1. The van der Waals surface area contributed by atoms with Crippen molar-refractivity contribution in [2.24, 2.45) is 0 Å². The summed E-state index contributed by atoms with van der Waals surface area (Å²) in [6, 6.07) is 30.4. The Bertz CT molecular complexity index is 1390. The number of hydrogen-bond acceptors (Lipinski definition) is 7. The minimum absolute atomic E-state index is 0.0685. The lowest BCUT2D eigenvalue weighted by atomic mass is 9.77. The molecule has 5 aromatic rings. The second-order valence-electron chi connectivity index (χ2n) is 8.99. The first-order valence-electron chi connectivity index (χ1n) is 12.5. The van der Waals surface area contributed by atoms with Crippen molar-refractivity contribution in [3.05, 3.63) is 120 Å². The number of anilines is 1. The van der Waals surface area contributed by atoms with Crippen molar-refractivity contribution < 1.29 is 14.6 Å². The molecule has 0 radical (unpaired) electrons. The van der Waals surface area contributed by atoms with E-state index in [2.05, 4.69) is 56.7 Å². The van der Waals surface area contributed by atoms with E-state index >= 15 is 0 Å². The summed E-state index contributed by atoms with van der Waals surface area (Å²) in [5.74, 6) is 0.174. The Morgan fingerprint density at radius 2 is 1.45 bits per heavy atom. The maximum Gasteiger partial charge on any atom is 0.302 e. The molecule has 3 aromatic carbocycles. The molecule has 8 nitrogen and oxygen atoms in total. The Balaban J connectivity index is 1.68. The quantitative estimate of drug-likeness (QED) is 0.208. The number of rotatable bonds is 10. The van der Waals surface area contributed by atoms with Gasteiger partial charge in [-0.2, -0.15) is 0 Å². The number of carbonyl (C=O) groups is 1. The van der Waals surface area contributed by atoms with E-state index in [1.807, 2.05) is 59.2 Å². The molecule has 38 heavy (non-hydrogen) atoms. The third kappa shape index (κ3) is 4.86. The Kier molecular flexibility index (Phi) is 7.42. The Labute approximate surface area is 221 Å². The van der Waals surface area contributed by atoms with Gasteiger partial charge in [0.2, 0.25) is 0 Å². The molecular formula is C30H29N5O3. The van der Waals surface area contributed by atoms with Gasteiger partial charge in [0.25, 0.3) is 0 Å². The summed E-state index contributed by atoms with van der Waals surface area (Å²) >= 11 is 0. The monoisotopic (exact) mass is 507 g/mol. The molecule has 0 spiro atoms. The Morgan fingerprint density at radius 1 is 0.895 bits per heavy atom. The maximum absolute atomic E-state index is 11.5. The van der Waals surface area contributed by atoms with Crippen LogP contribution in [-0.4, -0.2) is 43.8 Å². The fourth-order valence-electron chi connectivity index (χ4n) is 4.83. The van der Waals surface area contributed by atoms with Gasteiger partial charge in [-0.15, -0.1) is 0 Å². The lowest BCUT2D eigenvalue weighted by Gasteiger charge is -2.37. The van der Waals surface area contributed by atoms with Crippen LogP contribution in [0.1, 0.15) is 36.1 Å². The van der Waals surface area contributed by atoms with E-state index < -0.39 is 5.54 Å². The highest BCUT2D eigenvalue weighted by Crippen LogP contribution is 2.40. The van der Waals surface area contributed by atoms with Gasteiger partial charge in [0.15, 0.2) is 11.5 Å². The van der Waals surface area contributed by atoms with E-state index in [1.165, 1.54) is 13.3 Å². The number of hydrogen-bond donors (Lipinski definition) is 2. The molecule has 0 aliphatic carbocycles. The molecule has 5 rings (SSSR count). The second kappa shape index (κ2) is 11.2. The van der Waals surface area contributed by atoms with Gasteiger partial charge in [-0.25, -0.2) is 15.0 Å². The number of aliphatic hydroxyl groups is 1. The van der Waals surface area contributed by atoms with Crippen LogP contribution >= 0.6 is 0 Å². The third-order valence-electron chi connectivity index (χ3n) is 6.62. The molecule has 0 bridgehead atoms. The van der Waals surface area contributed by atoms with Gasteiger partial charge in [-0.1, -0.05) is 91.0 Å². The van der Waals surface area contributed by atoms with E-state index in [1.54, 1.807) is 6.33 Å². The van der Waals surface area contributed by atoms with Crippen molar-refractivity contribution in [2.45, 2.75) is 24.9 Å². The number of nitrogens with zero attached hydrogens (tertiary/aromatic N) is 4. The molecule has 2 heterocycles. The smallest absolute Gasteiger partial charge is 0.302 e. The number of nitrogens with one attached hydrogen (secondary N) is 1. The molecule has 1 atom stereocenters. The first kappa shape index (κ1) is 25.1. The zero-order valence-corrected chi connectivity index (χ0v) is 21.1. The first-order valence-corrected chi connectivity index (χ1v) is 12.5. The molecule has 0 fully saturated rings. The van der Waals surface area contributed by atoms with Crippen molar-refractivity contribution in [2.75, 3.05) is 18.5 Å². The van der Waals surface area contributed by atoms with Crippen LogP contribution in [0.2, 0.25) is 0 Å². The van der Waals surface area contributed by atoms with Crippen molar-refractivity contribution in [3.63, 3.8) is 0 Å². The van der Waals surface area contributed by atoms with Gasteiger partial charge in [0.05, 0.1) is 12.4 Å². The van der Waals surface area contributed by atoms with Crippen LogP contribution in [0.3, 0.4) is 0 Å². The van der Waals surface area contributed by atoms with E-state index in [-0.39, 0.29) is 25.2 Å². The molecule has 0 saturated heterocycles. The zero-order chi connectivity index (χ0) is 26.4. The summed E-state index contributed by atoms with van der Waals surface area (Å²) < 4.78 is 7.09. The normalized spacial score (nSPS) is 12.3. The highest BCUT2D eigenvalue weighted by Gasteiger charge is 2.37. The SMILES string of the molecule is CC(=O)OCC(CCO)n1cnc2c(NC(c3ccccc3)(c3ccccc3)c3ccccc3)ncnc21. The first-order chi connectivity index (χ1) is 18.6. The number of esters is 1. The number of aromatic nitrogens is 4. The fourth-order valence-corrected chi connectivity index (χ4v) is 4.83. The van der Waals surface area contributed by atoms with Crippen molar-refractivity contribution in [3.8, 4) is 0 Å². The van der Waals surface area contributed by atoms with Crippen LogP contribution in [0.4, 0.5) is 5.82 Å². The second-order valence-corrected chi connectivity index (χ2v) is 8.99. The number of fused-ring (bicyclic) bond motifs is 1. The highest BCUT2D eigenvalue weighted by atomic mass is 16.5. The number of benzene rings is 3. The molecule has 2 aromatic heterocycles. The van der Waals surface area contributed by atoms with Crippen LogP contribution in [0.25, 0.3) is 11.2 Å². The average molecular weight is 508 g/mol. The average Bonchev–Trinajstić information content (AvgIpc) is 3.40. The number of imidazole rings is 1. The van der Waals surface area contributed by atoms with Gasteiger partial charge in [-0.3, -0.25) is 4.79 Å². The summed E-state index contributed by atoms with van der Waals surface area (Å²) in [4.78, 5) is 25.3. The van der Waals surface area contributed by atoms with E-state index in [0.717, 1.165) is 16.7 Å². The molecular weight excluding hydrogens is 478 g/mol. The van der Waals surface area contributed by atoms with Crippen LogP contribution in [0.15, 0.2) is 104 Å².